The highest BCUT2D eigenvalue weighted by Gasteiger charge is 2.19. The zero-order valence-corrected chi connectivity index (χ0v) is 11.6. The van der Waals surface area contributed by atoms with E-state index < -0.39 is 0 Å². The summed E-state index contributed by atoms with van der Waals surface area (Å²) in [6, 6.07) is 9.59. The van der Waals surface area contributed by atoms with E-state index in [1.165, 1.54) is 0 Å². The minimum absolute atomic E-state index is 0.00751. The average Bonchev–Trinajstić information content (AvgIpc) is 3.17. The molecule has 2 heterocycles. The Morgan fingerprint density at radius 2 is 2.24 bits per heavy atom. The molecule has 0 spiro atoms. The number of aromatic nitrogens is 4. The monoisotopic (exact) mass is 287 g/mol. The highest BCUT2D eigenvalue weighted by molar-refractivity contribution is 5.76. The third-order valence-electron chi connectivity index (χ3n) is 3.48. The van der Waals surface area contributed by atoms with E-state index in [0.717, 1.165) is 18.7 Å². The van der Waals surface area contributed by atoms with Crippen LogP contribution in [0.15, 0.2) is 30.3 Å². The molecule has 0 aliphatic carbocycles. The van der Waals surface area contributed by atoms with Crippen molar-refractivity contribution in [1.82, 2.24) is 25.5 Å². The molecule has 1 saturated heterocycles. The van der Waals surface area contributed by atoms with Crippen molar-refractivity contribution in [3.05, 3.63) is 36.2 Å². The molecule has 1 atom stereocenters. The third-order valence-corrected chi connectivity index (χ3v) is 3.48. The molecule has 1 N–H and O–H groups in total. The molecule has 1 aliphatic heterocycles. The molecule has 21 heavy (non-hydrogen) atoms. The molecule has 1 fully saturated rings. The van der Waals surface area contributed by atoms with E-state index in [-0.39, 0.29) is 5.91 Å². The number of hydrogen-bond acceptors (Lipinski definition) is 5. The summed E-state index contributed by atoms with van der Waals surface area (Å²) in [6.45, 7) is 1.74. The molecule has 7 heteroatoms. The van der Waals surface area contributed by atoms with Gasteiger partial charge in [-0.1, -0.05) is 18.2 Å². The number of nitrogens with one attached hydrogen (secondary N) is 1. The van der Waals surface area contributed by atoms with Gasteiger partial charge in [-0.05, 0) is 34.9 Å². The number of carbonyl (C=O) groups is 1. The molecule has 110 valence electrons. The van der Waals surface area contributed by atoms with Gasteiger partial charge in [-0.15, -0.1) is 5.10 Å². The van der Waals surface area contributed by atoms with Gasteiger partial charge in [-0.3, -0.25) is 4.79 Å². The number of hydrogen-bond donors (Lipinski definition) is 1. The van der Waals surface area contributed by atoms with Crippen LogP contribution >= 0.6 is 0 Å². The van der Waals surface area contributed by atoms with E-state index in [4.69, 9.17) is 4.74 Å². The zero-order valence-electron chi connectivity index (χ0n) is 11.6. The minimum Gasteiger partial charge on any atom is -0.381 e. The Morgan fingerprint density at radius 1 is 1.38 bits per heavy atom. The lowest BCUT2D eigenvalue weighted by Crippen LogP contribution is -2.26. The summed E-state index contributed by atoms with van der Waals surface area (Å²) in [4.78, 5) is 11.9. The molecule has 2 aromatic rings. The number of rotatable bonds is 5. The maximum atomic E-state index is 11.9. The van der Waals surface area contributed by atoms with Crippen molar-refractivity contribution in [2.45, 2.75) is 19.4 Å². The second-order valence-electron chi connectivity index (χ2n) is 5.05. The lowest BCUT2D eigenvalue weighted by Gasteiger charge is -2.08. The average molecular weight is 287 g/mol. The van der Waals surface area contributed by atoms with Crippen LogP contribution in [-0.2, 0) is 16.1 Å². The number of para-hydroxylation sites is 1. The number of tetrazole rings is 1. The van der Waals surface area contributed by atoms with Gasteiger partial charge >= 0.3 is 0 Å². The summed E-state index contributed by atoms with van der Waals surface area (Å²) in [7, 11) is 0. The van der Waals surface area contributed by atoms with Crippen molar-refractivity contribution in [2.24, 2.45) is 5.92 Å². The van der Waals surface area contributed by atoms with Gasteiger partial charge in [0.15, 0.2) is 5.82 Å². The molecule has 3 rings (SSSR count). The standard InChI is InChI=1S/C14H17N5O2/c20-14(8-11-6-7-21-10-11)15-9-13-16-17-18-19(13)12-4-2-1-3-5-12/h1-5,11H,6-10H2,(H,15,20)/t11-/m0/s1. The van der Waals surface area contributed by atoms with Crippen LogP contribution in [0, 0.1) is 5.92 Å². The number of amides is 1. The third kappa shape index (κ3) is 3.43. The van der Waals surface area contributed by atoms with E-state index in [0.29, 0.717) is 31.3 Å². The van der Waals surface area contributed by atoms with Crippen LogP contribution in [0.1, 0.15) is 18.7 Å². The van der Waals surface area contributed by atoms with Crippen LogP contribution in [0.2, 0.25) is 0 Å². The Bertz CT molecular complexity index is 592. The van der Waals surface area contributed by atoms with Crippen molar-refractivity contribution >= 4 is 5.91 Å². The number of benzene rings is 1. The summed E-state index contributed by atoms with van der Waals surface area (Å²) >= 11 is 0. The number of carbonyl (C=O) groups excluding carboxylic acids is 1. The molecule has 1 aliphatic rings. The van der Waals surface area contributed by atoms with E-state index in [1.54, 1.807) is 4.68 Å². The molecule has 0 unspecified atom stereocenters. The SMILES string of the molecule is O=C(C[C@@H]1CCOC1)NCc1nnnn1-c1ccccc1. The lowest BCUT2D eigenvalue weighted by atomic mass is 10.1. The van der Waals surface area contributed by atoms with Gasteiger partial charge in [0.2, 0.25) is 5.91 Å². The summed E-state index contributed by atoms with van der Waals surface area (Å²) in [6.07, 6.45) is 1.45. The van der Waals surface area contributed by atoms with E-state index in [1.807, 2.05) is 30.3 Å². The first-order valence-corrected chi connectivity index (χ1v) is 7.00. The van der Waals surface area contributed by atoms with Crippen molar-refractivity contribution in [3.8, 4) is 5.69 Å². The van der Waals surface area contributed by atoms with E-state index in [2.05, 4.69) is 20.8 Å². The molecule has 0 saturated carbocycles. The fourth-order valence-electron chi connectivity index (χ4n) is 2.34. The number of nitrogens with zero attached hydrogens (tertiary/aromatic N) is 4. The second-order valence-corrected chi connectivity index (χ2v) is 5.05. The van der Waals surface area contributed by atoms with Crippen LogP contribution < -0.4 is 5.32 Å². The molecule has 0 radical (unpaired) electrons. The van der Waals surface area contributed by atoms with Crippen LogP contribution in [0.4, 0.5) is 0 Å². The predicted octanol–water partition coefficient (Wildman–Crippen LogP) is 0.705. The van der Waals surface area contributed by atoms with Gasteiger partial charge in [0.05, 0.1) is 12.2 Å². The summed E-state index contributed by atoms with van der Waals surface area (Å²) in [5.74, 6) is 0.945. The Hall–Kier alpha value is -2.28. The van der Waals surface area contributed by atoms with Gasteiger partial charge in [0.1, 0.15) is 0 Å². The lowest BCUT2D eigenvalue weighted by molar-refractivity contribution is -0.122. The van der Waals surface area contributed by atoms with Crippen molar-refractivity contribution in [2.75, 3.05) is 13.2 Å². The molecule has 0 bridgehead atoms. The normalized spacial score (nSPS) is 17.8. The van der Waals surface area contributed by atoms with Crippen LogP contribution in [0.25, 0.3) is 5.69 Å². The fraction of sp³-hybridized carbons (Fsp3) is 0.429. The summed E-state index contributed by atoms with van der Waals surface area (Å²) in [5, 5.41) is 14.4. The topological polar surface area (TPSA) is 81.9 Å². The maximum Gasteiger partial charge on any atom is 0.220 e. The highest BCUT2D eigenvalue weighted by atomic mass is 16.5. The van der Waals surface area contributed by atoms with Crippen molar-refractivity contribution in [3.63, 3.8) is 0 Å². The summed E-state index contributed by atoms with van der Waals surface area (Å²) in [5.41, 5.74) is 0.871. The van der Waals surface area contributed by atoms with Gasteiger partial charge in [0.25, 0.3) is 0 Å². The number of ether oxygens (including phenoxy) is 1. The fourth-order valence-corrected chi connectivity index (χ4v) is 2.34. The van der Waals surface area contributed by atoms with E-state index in [9.17, 15) is 4.79 Å². The maximum absolute atomic E-state index is 11.9. The predicted molar refractivity (Wildman–Crippen MR) is 74.5 cm³/mol. The van der Waals surface area contributed by atoms with Crippen LogP contribution in [-0.4, -0.2) is 39.3 Å². The van der Waals surface area contributed by atoms with Crippen LogP contribution in [0.5, 0.6) is 0 Å². The molecule has 1 aromatic heterocycles. The highest BCUT2D eigenvalue weighted by Crippen LogP contribution is 2.16. The molecule has 7 nitrogen and oxygen atoms in total. The largest absolute Gasteiger partial charge is 0.381 e. The van der Waals surface area contributed by atoms with Crippen molar-refractivity contribution in [1.29, 1.82) is 0 Å². The smallest absolute Gasteiger partial charge is 0.220 e. The van der Waals surface area contributed by atoms with Crippen molar-refractivity contribution < 1.29 is 9.53 Å². The van der Waals surface area contributed by atoms with E-state index >= 15 is 0 Å². The summed E-state index contributed by atoms with van der Waals surface area (Å²) < 4.78 is 6.89. The Labute approximate surface area is 122 Å². The Morgan fingerprint density at radius 3 is 3.00 bits per heavy atom. The van der Waals surface area contributed by atoms with Gasteiger partial charge in [0, 0.05) is 19.6 Å². The van der Waals surface area contributed by atoms with Gasteiger partial charge in [-0.25, -0.2) is 0 Å². The van der Waals surface area contributed by atoms with Gasteiger partial charge < -0.3 is 10.1 Å². The first kappa shape index (κ1) is 13.7. The minimum atomic E-state index is 0.00751. The molecule has 1 aromatic carbocycles. The Kier molecular flexibility index (Phi) is 4.20. The zero-order chi connectivity index (χ0) is 14.5. The second kappa shape index (κ2) is 6.45. The first-order chi connectivity index (χ1) is 10.3. The van der Waals surface area contributed by atoms with Crippen LogP contribution in [0.3, 0.4) is 0 Å². The first-order valence-electron chi connectivity index (χ1n) is 7.00. The quantitative estimate of drug-likeness (QED) is 0.875. The van der Waals surface area contributed by atoms with Gasteiger partial charge in [-0.2, -0.15) is 4.68 Å². The molecular formula is C14H17N5O2. The molecule has 1 amide bonds. The molecular weight excluding hydrogens is 270 g/mol. The Balaban J connectivity index is 1.58.